The normalized spacial score (nSPS) is 15.7. The first-order chi connectivity index (χ1) is 13.0. The summed E-state index contributed by atoms with van der Waals surface area (Å²) < 4.78 is 13.6. The van der Waals surface area contributed by atoms with E-state index in [1.165, 1.54) is 16.5 Å². The van der Waals surface area contributed by atoms with Crippen LogP contribution in [0.2, 0.25) is 0 Å². The summed E-state index contributed by atoms with van der Waals surface area (Å²) >= 11 is 1.69. The van der Waals surface area contributed by atoms with Crippen LogP contribution < -0.4 is 0 Å². The lowest BCUT2D eigenvalue weighted by atomic mass is 9.96. The summed E-state index contributed by atoms with van der Waals surface area (Å²) in [5.74, 6) is -1.05. The fraction of sp³-hybridized carbons (Fsp3) is 0.318. The number of carboxylic acid groups (broad SMARTS) is 1. The quantitative estimate of drug-likeness (QED) is 0.757. The topological polar surface area (TPSA) is 40.5 Å². The number of nitrogens with zero attached hydrogens (tertiary/aromatic N) is 1. The van der Waals surface area contributed by atoms with Gasteiger partial charge in [-0.3, -0.25) is 4.90 Å². The van der Waals surface area contributed by atoms with E-state index in [-0.39, 0.29) is 5.82 Å². The Kier molecular flexibility index (Phi) is 6.24. The molecule has 1 aromatic carbocycles. The standard InChI is InChI=1S/C22H24FNO2S/c1-15-9-12-27-21(15)20(19-8-7-18(23)13-16(19)2)6-4-11-24-10-3-5-17(14-24)22(25)26/h5-9,12-13H,3-4,10-11,14H2,1-2H3,(H,25,26). The Hall–Kier alpha value is -2.24. The smallest absolute Gasteiger partial charge is 0.332 e. The van der Waals surface area contributed by atoms with Gasteiger partial charge in [0.15, 0.2) is 0 Å². The van der Waals surface area contributed by atoms with Crippen molar-refractivity contribution in [2.24, 2.45) is 0 Å². The van der Waals surface area contributed by atoms with Gasteiger partial charge in [0.05, 0.1) is 0 Å². The maximum atomic E-state index is 13.6. The van der Waals surface area contributed by atoms with Gasteiger partial charge in [-0.1, -0.05) is 18.2 Å². The number of hydrogen-bond acceptors (Lipinski definition) is 3. The van der Waals surface area contributed by atoms with Crippen molar-refractivity contribution in [3.05, 3.63) is 74.8 Å². The summed E-state index contributed by atoms with van der Waals surface area (Å²) in [5, 5.41) is 11.3. The Morgan fingerprint density at radius 3 is 2.78 bits per heavy atom. The van der Waals surface area contributed by atoms with E-state index in [1.54, 1.807) is 17.4 Å². The van der Waals surface area contributed by atoms with Crippen molar-refractivity contribution in [2.45, 2.75) is 26.7 Å². The van der Waals surface area contributed by atoms with Crippen LogP contribution in [0.15, 0.2) is 47.4 Å². The molecule has 0 amide bonds. The molecule has 27 heavy (non-hydrogen) atoms. The minimum atomic E-state index is -0.827. The summed E-state index contributed by atoms with van der Waals surface area (Å²) in [4.78, 5) is 14.6. The summed E-state index contributed by atoms with van der Waals surface area (Å²) in [5.41, 5.74) is 4.79. The highest BCUT2D eigenvalue weighted by Crippen LogP contribution is 2.33. The molecule has 0 saturated carbocycles. The predicted octanol–water partition coefficient (Wildman–Crippen LogP) is 5.04. The zero-order chi connectivity index (χ0) is 19.4. The SMILES string of the molecule is Cc1cc(F)ccc1C(=CCCN1CCC=C(C(=O)O)C1)c1sccc1C. The Labute approximate surface area is 163 Å². The highest BCUT2D eigenvalue weighted by molar-refractivity contribution is 7.11. The van der Waals surface area contributed by atoms with E-state index in [9.17, 15) is 14.3 Å². The lowest BCUT2D eigenvalue weighted by molar-refractivity contribution is -0.133. The van der Waals surface area contributed by atoms with Gasteiger partial charge >= 0.3 is 5.97 Å². The predicted molar refractivity (Wildman–Crippen MR) is 109 cm³/mol. The molecule has 2 heterocycles. The van der Waals surface area contributed by atoms with Crippen molar-refractivity contribution in [1.29, 1.82) is 0 Å². The van der Waals surface area contributed by atoms with Crippen LogP contribution in [0.25, 0.3) is 5.57 Å². The molecule has 1 aromatic heterocycles. The van der Waals surface area contributed by atoms with Crippen LogP contribution in [-0.4, -0.2) is 35.6 Å². The number of hydrogen-bond donors (Lipinski definition) is 1. The Balaban J connectivity index is 1.81. The molecule has 1 aliphatic heterocycles. The Morgan fingerprint density at radius 2 is 2.11 bits per heavy atom. The number of halogens is 1. The summed E-state index contributed by atoms with van der Waals surface area (Å²) in [6.07, 6.45) is 5.62. The van der Waals surface area contributed by atoms with Gasteiger partial charge in [-0.2, -0.15) is 0 Å². The maximum Gasteiger partial charge on any atom is 0.332 e. The van der Waals surface area contributed by atoms with Gasteiger partial charge in [-0.25, -0.2) is 9.18 Å². The lowest BCUT2D eigenvalue weighted by Crippen LogP contribution is -2.32. The van der Waals surface area contributed by atoms with Gasteiger partial charge in [0.1, 0.15) is 5.82 Å². The lowest BCUT2D eigenvalue weighted by Gasteiger charge is -2.25. The molecule has 0 fully saturated rings. The van der Waals surface area contributed by atoms with E-state index < -0.39 is 5.97 Å². The van der Waals surface area contributed by atoms with Gasteiger partial charge in [-0.05, 0) is 72.5 Å². The van der Waals surface area contributed by atoms with E-state index in [0.717, 1.165) is 42.6 Å². The number of carbonyl (C=O) groups is 1. The van der Waals surface area contributed by atoms with Gasteiger partial charge < -0.3 is 5.11 Å². The molecule has 0 bridgehead atoms. The second-order valence-electron chi connectivity index (χ2n) is 6.90. The third-order valence-corrected chi connectivity index (χ3v) is 5.93. The van der Waals surface area contributed by atoms with Gasteiger partial charge in [0.2, 0.25) is 0 Å². The molecule has 0 aliphatic carbocycles. The molecule has 0 unspecified atom stereocenters. The summed E-state index contributed by atoms with van der Waals surface area (Å²) in [6.45, 7) is 6.20. The van der Waals surface area contributed by atoms with E-state index in [1.807, 2.05) is 19.1 Å². The number of thiophene rings is 1. The van der Waals surface area contributed by atoms with Crippen molar-refractivity contribution in [2.75, 3.05) is 19.6 Å². The zero-order valence-electron chi connectivity index (χ0n) is 15.7. The molecule has 0 radical (unpaired) electrons. The molecule has 2 aromatic rings. The van der Waals surface area contributed by atoms with E-state index in [4.69, 9.17) is 0 Å². The Morgan fingerprint density at radius 1 is 1.30 bits per heavy atom. The van der Waals surface area contributed by atoms with Crippen LogP contribution in [0.5, 0.6) is 0 Å². The maximum absolute atomic E-state index is 13.6. The molecule has 5 heteroatoms. The Bertz CT molecular complexity index is 897. The monoisotopic (exact) mass is 385 g/mol. The minimum Gasteiger partial charge on any atom is -0.478 e. The highest BCUT2D eigenvalue weighted by atomic mass is 32.1. The molecular formula is C22H24FNO2S. The first kappa shape index (κ1) is 19.5. The van der Waals surface area contributed by atoms with Crippen LogP contribution in [0.4, 0.5) is 4.39 Å². The molecular weight excluding hydrogens is 361 g/mol. The zero-order valence-corrected chi connectivity index (χ0v) is 16.5. The largest absolute Gasteiger partial charge is 0.478 e. The molecule has 0 spiro atoms. The molecule has 0 atom stereocenters. The molecule has 142 valence electrons. The average Bonchev–Trinajstić information content (AvgIpc) is 3.05. The van der Waals surface area contributed by atoms with Crippen LogP contribution in [-0.2, 0) is 4.79 Å². The number of aliphatic carboxylic acids is 1. The fourth-order valence-corrected chi connectivity index (χ4v) is 4.43. The second-order valence-corrected chi connectivity index (χ2v) is 7.81. The summed E-state index contributed by atoms with van der Waals surface area (Å²) in [7, 11) is 0. The van der Waals surface area contributed by atoms with Crippen LogP contribution >= 0.6 is 11.3 Å². The fourth-order valence-electron chi connectivity index (χ4n) is 3.45. The molecule has 1 N–H and O–H groups in total. The van der Waals surface area contributed by atoms with Crippen molar-refractivity contribution in [3.8, 4) is 0 Å². The van der Waals surface area contributed by atoms with Crippen molar-refractivity contribution < 1.29 is 14.3 Å². The molecule has 3 nitrogen and oxygen atoms in total. The molecule has 1 aliphatic rings. The van der Waals surface area contributed by atoms with E-state index >= 15 is 0 Å². The van der Waals surface area contributed by atoms with E-state index in [0.29, 0.717) is 12.1 Å². The number of benzene rings is 1. The minimum absolute atomic E-state index is 0.222. The first-order valence-electron chi connectivity index (χ1n) is 9.11. The summed E-state index contributed by atoms with van der Waals surface area (Å²) in [6, 6.07) is 7.03. The van der Waals surface area contributed by atoms with Gasteiger partial charge in [-0.15, -0.1) is 11.3 Å². The second kappa shape index (κ2) is 8.63. The molecule has 0 saturated heterocycles. The van der Waals surface area contributed by atoms with Crippen LogP contribution in [0.3, 0.4) is 0 Å². The third kappa shape index (κ3) is 4.73. The number of carboxylic acids is 1. The van der Waals surface area contributed by atoms with Gasteiger partial charge in [0.25, 0.3) is 0 Å². The van der Waals surface area contributed by atoms with Crippen LogP contribution in [0.1, 0.15) is 34.4 Å². The van der Waals surface area contributed by atoms with Crippen molar-refractivity contribution in [1.82, 2.24) is 4.90 Å². The molecule has 3 rings (SSSR count). The average molecular weight is 386 g/mol. The first-order valence-corrected chi connectivity index (χ1v) is 9.99. The third-order valence-electron chi connectivity index (χ3n) is 4.88. The van der Waals surface area contributed by atoms with Crippen molar-refractivity contribution in [3.63, 3.8) is 0 Å². The number of rotatable bonds is 6. The van der Waals surface area contributed by atoms with E-state index in [2.05, 4.69) is 29.3 Å². The van der Waals surface area contributed by atoms with Gasteiger partial charge in [0, 0.05) is 30.1 Å². The highest BCUT2D eigenvalue weighted by Gasteiger charge is 2.17. The van der Waals surface area contributed by atoms with Crippen LogP contribution in [0, 0.1) is 19.7 Å². The van der Waals surface area contributed by atoms with Crippen molar-refractivity contribution >= 4 is 22.9 Å². The number of aryl methyl sites for hydroxylation is 2.